The first-order chi connectivity index (χ1) is 8.75. The Balaban J connectivity index is 1.96. The minimum atomic E-state index is -0.0624. The monoisotopic (exact) mass is 323 g/mol. The lowest BCUT2D eigenvalue weighted by Crippen LogP contribution is -2.38. The fraction of sp³-hybridized carbons (Fsp3) is 0.231. The number of thiophene rings is 1. The van der Waals surface area contributed by atoms with Crippen molar-refractivity contribution in [1.82, 2.24) is 10.9 Å². The van der Waals surface area contributed by atoms with Crippen LogP contribution in [-0.4, -0.2) is 6.17 Å². The van der Waals surface area contributed by atoms with Crippen molar-refractivity contribution >= 4 is 27.3 Å². The molecule has 0 amide bonds. The Kier molecular flexibility index (Phi) is 3.50. The van der Waals surface area contributed by atoms with Crippen molar-refractivity contribution < 1.29 is 0 Å². The zero-order valence-corrected chi connectivity index (χ0v) is 12.0. The molecule has 3 atom stereocenters. The molecule has 1 saturated heterocycles. The van der Waals surface area contributed by atoms with Gasteiger partial charge < -0.3 is 5.73 Å². The van der Waals surface area contributed by atoms with Gasteiger partial charge in [0.05, 0.1) is 12.2 Å². The Bertz CT molecular complexity index is 529. The maximum absolute atomic E-state index is 6.16. The standard InChI is InChI=1S/C13H14BrN3S/c14-9-4-1-3-8(7-9)12-11(13(15)17-16-12)10-5-2-6-18-10/h1-7,11-13,16-17H,15H2. The molecule has 3 rings (SSSR count). The van der Waals surface area contributed by atoms with Crippen LogP contribution < -0.4 is 16.6 Å². The maximum atomic E-state index is 6.16. The van der Waals surface area contributed by atoms with Crippen LogP contribution in [0.25, 0.3) is 0 Å². The summed E-state index contributed by atoms with van der Waals surface area (Å²) in [6, 6.07) is 12.8. The van der Waals surface area contributed by atoms with Gasteiger partial charge in [0.15, 0.2) is 0 Å². The van der Waals surface area contributed by atoms with Gasteiger partial charge in [-0.3, -0.25) is 0 Å². The number of hydrogen-bond acceptors (Lipinski definition) is 4. The summed E-state index contributed by atoms with van der Waals surface area (Å²) in [4.78, 5) is 1.31. The summed E-state index contributed by atoms with van der Waals surface area (Å²) < 4.78 is 1.09. The lowest BCUT2D eigenvalue weighted by atomic mass is 9.92. The van der Waals surface area contributed by atoms with Crippen molar-refractivity contribution in [2.24, 2.45) is 5.73 Å². The average Bonchev–Trinajstić information content (AvgIpc) is 2.97. The molecular formula is C13H14BrN3S. The molecule has 0 bridgehead atoms. The van der Waals surface area contributed by atoms with Crippen LogP contribution in [0.15, 0.2) is 46.3 Å². The number of hydrogen-bond donors (Lipinski definition) is 3. The molecule has 0 radical (unpaired) electrons. The summed E-state index contributed by atoms with van der Waals surface area (Å²) in [5, 5.41) is 2.10. The summed E-state index contributed by atoms with van der Waals surface area (Å²) in [7, 11) is 0. The summed E-state index contributed by atoms with van der Waals surface area (Å²) in [5.74, 6) is 0.263. The fourth-order valence-corrected chi connectivity index (χ4v) is 3.71. The molecule has 94 valence electrons. The second kappa shape index (κ2) is 5.11. The van der Waals surface area contributed by atoms with Gasteiger partial charge in [-0.1, -0.05) is 34.1 Å². The highest BCUT2D eigenvalue weighted by Gasteiger charge is 2.36. The van der Waals surface area contributed by atoms with Crippen molar-refractivity contribution in [1.29, 1.82) is 0 Å². The fourth-order valence-electron chi connectivity index (χ4n) is 2.39. The molecule has 0 saturated carbocycles. The number of nitrogens with two attached hydrogens (primary N) is 1. The Morgan fingerprint density at radius 3 is 2.78 bits per heavy atom. The molecule has 1 aliphatic rings. The molecular weight excluding hydrogens is 310 g/mol. The third-order valence-corrected chi connectivity index (χ3v) is 4.70. The second-order valence-corrected chi connectivity index (χ2v) is 6.28. The largest absolute Gasteiger partial charge is 0.314 e. The molecule has 1 aliphatic heterocycles. The normalized spacial score (nSPS) is 27.6. The zero-order chi connectivity index (χ0) is 12.5. The van der Waals surface area contributed by atoms with Crippen LogP contribution in [0, 0.1) is 0 Å². The molecule has 3 unspecified atom stereocenters. The van der Waals surface area contributed by atoms with E-state index in [2.05, 4.69) is 62.5 Å². The van der Waals surface area contributed by atoms with Crippen LogP contribution in [-0.2, 0) is 0 Å². The van der Waals surface area contributed by atoms with E-state index >= 15 is 0 Å². The average molecular weight is 324 g/mol. The van der Waals surface area contributed by atoms with E-state index < -0.39 is 0 Å². The van der Waals surface area contributed by atoms with E-state index in [0.717, 1.165) is 4.47 Å². The first kappa shape index (κ1) is 12.3. The molecule has 4 N–H and O–H groups in total. The minimum Gasteiger partial charge on any atom is -0.314 e. The predicted molar refractivity (Wildman–Crippen MR) is 78.2 cm³/mol. The van der Waals surface area contributed by atoms with E-state index in [1.807, 2.05) is 6.07 Å². The molecule has 1 fully saturated rings. The summed E-state index contributed by atoms with van der Waals surface area (Å²) in [5.41, 5.74) is 13.8. The van der Waals surface area contributed by atoms with Crippen molar-refractivity contribution in [2.45, 2.75) is 18.1 Å². The number of nitrogens with one attached hydrogen (secondary N) is 2. The molecule has 0 spiro atoms. The highest BCUT2D eigenvalue weighted by atomic mass is 79.9. The summed E-state index contributed by atoms with van der Waals surface area (Å²) in [6.45, 7) is 0. The Labute approximate surface area is 118 Å². The first-order valence-corrected chi connectivity index (χ1v) is 7.48. The predicted octanol–water partition coefficient (Wildman–Crippen LogP) is 2.73. The van der Waals surface area contributed by atoms with Crippen LogP contribution in [0.3, 0.4) is 0 Å². The SMILES string of the molecule is NC1NNC(c2cccc(Br)c2)C1c1cccs1. The summed E-state index contributed by atoms with van der Waals surface area (Å²) in [6.07, 6.45) is -0.0624. The smallest absolute Gasteiger partial charge is 0.0775 e. The molecule has 5 heteroatoms. The van der Waals surface area contributed by atoms with Crippen LogP contribution in [0.1, 0.15) is 22.4 Å². The second-order valence-electron chi connectivity index (χ2n) is 4.39. The van der Waals surface area contributed by atoms with Gasteiger partial charge in [-0.2, -0.15) is 0 Å². The van der Waals surface area contributed by atoms with Crippen LogP contribution in [0.2, 0.25) is 0 Å². The molecule has 2 heterocycles. The van der Waals surface area contributed by atoms with Crippen molar-refractivity contribution in [2.75, 3.05) is 0 Å². The van der Waals surface area contributed by atoms with E-state index in [9.17, 15) is 0 Å². The molecule has 0 aliphatic carbocycles. The summed E-state index contributed by atoms with van der Waals surface area (Å²) >= 11 is 5.27. The Morgan fingerprint density at radius 1 is 1.17 bits per heavy atom. The van der Waals surface area contributed by atoms with Gasteiger partial charge in [0.2, 0.25) is 0 Å². The highest BCUT2D eigenvalue weighted by molar-refractivity contribution is 9.10. The zero-order valence-electron chi connectivity index (χ0n) is 9.64. The molecule has 1 aromatic carbocycles. The molecule has 3 nitrogen and oxygen atoms in total. The van der Waals surface area contributed by atoms with E-state index in [-0.39, 0.29) is 18.1 Å². The molecule has 2 aromatic rings. The lowest BCUT2D eigenvalue weighted by molar-refractivity contribution is 0.550. The maximum Gasteiger partial charge on any atom is 0.0775 e. The van der Waals surface area contributed by atoms with Gasteiger partial charge >= 0.3 is 0 Å². The van der Waals surface area contributed by atoms with Gasteiger partial charge in [-0.25, -0.2) is 10.9 Å². The Morgan fingerprint density at radius 2 is 2.06 bits per heavy atom. The molecule has 18 heavy (non-hydrogen) atoms. The van der Waals surface area contributed by atoms with Crippen LogP contribution >= 0.6 is 27.3 Å². The van der Waals surface area contributed by atoms with E-state index in [1.165, 1.54) is 10.4 Å². The first-order valence-electron chi connectivity index (χ1n) is 5.81. The minimum absolute atomic E-state index is 0.0624. The van der Waals surface area contributed by atoms with Crippen LogP contribution in [0.5, 0.6) is 0 Å². The van der Waals surface area contributed by atoms with Gasteiger partial charge in [0.25, 0.3) is 0 Å². The third kappa shape index (κ3) is 2.24. The third-order valence-electron chi connectivity index (χ3n) is 3.23. The highest BCUT2D eigenvalue weighted by Crippen LogP contribution is 2.38. The van der Waals surface area contributed by atoms with Crippen molar-refractivity contribution in [3.8, 4) is 0 Å². The van der Waals surface area contributed by atoms with Crippen molar-refractivity contribution in [3.05, 3.63) is 56.7 Å². The van der Waals surface area contributed by atoms with Crippen molar-refractivity contribution in [3.63, 3.8) is 0 Å². The van der Waals surface area contributed by atoms with E-state index in [4.69, 9.17) is 5.73 Å². The topological polar surface area (TPSA) is 50.1 Å². The number of halogens is 1. The van der Waals surface area contributed by atoms with Gasteiger partial charge in [0.1, 0.15) is 0 Å². The van der Waals surface area contributed by atoms with Crippen LogP contribution in [0.4, 0.5) is 0 Å². The van der Waals surface area contributed by atoms with Gasteiger partial charge in [-0.05, 0) is 29.1 Å². The van der Waals surface area contributed by atoms with Gasteiger partial charge in [0, 0.05) is 15.3 Å². The number of benzene rings is 1. The Hall–Kier alpha value is -0.720. The van der Waals surface area contributed by atoms with Gasteiger partial charge in [-0.15, -0.1) is 11.3 Å². The number of hydrazine groups is 1. The quantitative estimate of drug-likeness (QED) is 0.796. The van der Waals surface area contributed by atoms with E-state index in [1.54, 1.807) is 11.3 Å². The lowest BCUT2D eigenvalue weighted by Gasteiger charge is -2.20. The number of rotatable bonds is 2. The molecule has 1 aromatic heterocycles. The van der Waals surface area contributed by atoms with E-state index in [0.29, 0.717) is 0 Å².